The summed E-state index contributed by atoms with van der Waals surface area (Å²) in [5.74, 6) is 1.60. The monoisotopic (exact) mass is 279 g/mol. The highest BCUT2D eigenvalue weighted by atomic mass is 16.5. The van der Waals surface area contributed by atoms with Crippen molar-refractivity contribution in [2.45, 2.75) is 32.9 Å². The molecule has 0 radical (unpaired) electrons. The third-order valence-electron chi connectivity index (χ3n) is 3.00. The number of carbonyl (C=O) groups excluding carboxylic acids is 1. The summed E-state index contributed by atoms with van der Waals surface area (Å²) in [6.07, 6.45) is 0. The van der Waals surface area contributed by atoms with E-state index in [9.17, 15) is 4.79 Å². The summed E-state index contributed by atoms with van der Waals surface area (Å²) in [6.45, 7) is 7.16. The van der Waals surface area contributed by atoms with Crippen molar-refractivity contribution in [3.05, 3.63) is 11.9 Å². The number of nitrogens with zero attached hydrogens (tertiary/aromatic N) is 3. The Morgan fingerprint density at radius 1 is 1.55 bits per heavy atom. The van der Waals surface area contributed by atoms with Crippen LogP contribution in [0.2, 0.25) is 0 Å². The third-order valence-corrected chi connectivity index (χ3v) is 3.00. The molecule has 2 heterocycles. The molecule has 1 atom stereocenters. The summed E-state index contributed by atoms with van der Waals surface area (Å²) < 4.78 is 5.42. The van der Waals surface area contributed by atoms with Crippen LogP contribution in [-0.4, -0.2) is 47.7 Å². The molecular weight excluding hydrogens is 258 g/mol. The average Bonchev–Trinajstić information content (AvgIpc) is 2.36. The standard InChI is InChI=1S/C13H21N5O2/c1-8(2)15-13(19)10-7-20-5-4-18(10)12-6-11(14)16-9(3)17-12/h6,8,10H,4-5,7H2,1-3H3,(H,15,19)(H2,14,16,17). The van der Waals surface area contributed by atoms with E-state index >= 15 is 0 Å². The van der Waals surface area contributed by atoms with Crippen molar-refractivity contribution in [2.24, 2.45) is 0 Å². The molecule has 2 rings (SSSR count). The molecular formula is C13H21N5O2. The first-order chi connectivity index (χ1) is 9.47. The molecule has 7 heteroatoms. The molecule has 1 aromatic heterocycles. The molecule has 20 heavy (non-hydrogen) atoms. The molecule has 110 valence electrons. The second kappa shape index (κ2) is 6.04. The number of carbonyl (C=O) groups is 1. The first-order valence-electron chi connectivity index (χ1n) is 6.73. The number of hydrogen-bond donors (Lipinski definition) is 2. The first kappa shape index (κ1) is 14.5. The highest BCUT2D eigenvalue weighted by Crippen LogP contribution is 2.19. The number of nitrogens with two attached hydrogens (primary N) is 1. The van der Waals surface area contributed by atoms with Gasteiger partial charge in [-0.1, -0.05) is 0 Å². The van der Waals surface area contributed by atoms with Crippen LogP contribution in [0.3, 0.4) is 0 Å². The lowest BCUT2D eigenvalue weighted by Gasteiger charge is -2.35. The fraction of sp³-hybridized carbons (Fsp3) is 0.615. The molecule has 1 aliphatic heterocycles. The van der Waals surface area contributed by atoms with E-state index in [1.54, 1.807) is 13.0 Å². The van der Waals surface area contributed by atoms with Crippen LogP contribution >= 0.6 is 0 Å². The van der Waals surface area contributed by atoms with Crippen LogP contribution in [0.25, 0.3) is 0 Å². The lowest BCUT2D eigenvalue weighted by Crippen LogP contribution is -2.55. The van der Waals surface area contributed by atoms with Gasteiger partial charge in [-0.3, -0.25) is 4.79 Å². The van der Waals surface area contributed by atoms with E-state index in [4.69, 9.17) is 10.5 Å². The van der Waals surface area contributed by atoms with E-state index in [0.29, 0.717) is 37.2 Å². The van der Waals surface area contributed by atoms with E-state index in [1.807, 2.05) is 18.7 Å². The number of hydrogen-bond acceptors (Lipinski definition) is 6. The molecule has 0 bridgehead atoms. The van der Waals surface area contributed by atoms with Crippen LogP contribution in [0, 0.1) is 6.92 Å². The van der Waals surface area contributed by atoms with Crippen molar-refractivity contribution in [3.63, 3.8) is 0 Å². The van der Waals surface area contributed by atoms with E-state index in [-0.39, 0.29) is 18.0 Å². The maximum absolute atomic E-state index is 12.3. The molecule has 1 amide bonds. The quantitative estimate of drug-likeness (QED) is 0.815. The molecule has 1 aliphatic rings. The summed E-state index contributed by atoms with van der Waals surface area (Å²) in [5.41, 5.74) is 5.76. The summed E-state index contributed by atoms with van der Waals surface area (Å²) in [5, 5.41) is 2.91. The number of nitrogens with one attached hydrogen (secondary N) is 1. The minimum Gasteiger partial charge on any atom is -0.384 e. The number of anilines is 2. The van der Waals surface area contributed by atoms with Crippen LogP contribution < -0.4 is 16.0 Å². The van der Waals surface area contributed by atoms with Gasteiger partial charge in [-0.25, -0.2) is 9.97 Å². The van der Waals surface area contributed by atoms with Crippen LogP contribution in [0.4, 0.5) is 11.6 Å². The van der Waals surface area contributed by atoms with Crippen LogP contribution in [0.5, 0.6) is 0 Å². The van der Waals surface area contributed by atoms with E-state index in [2.05, 4.69) is 15.3 Å². The smallest absolute Gasteiger partial charge is 0.245 e. The minimum atomic E-state index is -0.389. The second-order valence-electron chi connectivity index (χ2n) is 5.15. The van der Waals surface area contributed by atoms with Crippen molar-refractivity contribution in [3.8, 4) is 0 Å². The maximum Gasteiger partial charge on any atom is 0.245 e. The van der Waals surface area contributed by atoms with E-state index < -0.39 is 0 Å². The third kappa shape index (κ3) is 3.36. The molecule has 1 unspecified atom stereocenters. The zero-order valence-corrected chi connectivity index (χ0v) is 12.1. The van der Waals surface area contributed by atoms with E-state index in [1.165, 1.54) is 0 Å². The zero-order chi connectivity index (χ0) is 14.7. The van der Waals surface area contributed by atoms with Crippen molar-refractivity contribution < 1.29 is 9.53 Å². The van der Waals surface area contributed by atoms with Crippen molar-refractivity contribution in [2.75, 3.05) is 30.4 Å². The molecule has 1 fully saturated rings. The van der Waals surface area contributed by atoms with Crippen LogP contribution in [0.1, 0.15) is 19.7 Å². The Morgan fingerprint density at radius 2 is 2.30 bits per heavy atom. The zero-order valence-electron chi connectivity index (χ0n) is 12.1. The van der Waals surface area contributed by atoms with Gasteiger partial charge < -0.3 is 20.7 Å². The lowest BCUT2D eigenvalue weighted by atomic mass is 10.2. The Balaban J connectivity index is 2.24. The largest absolute Gasteiger partial charge is 0.384 e. The Labute approximate surface area is 118 Å². The number of aryl methyl sites for hydroxylation is 1. The minimum absolute atomic E-state index is 0.0606. The number of rotatable bonds is 3. The highest BCUT2D eigenvalue weighted by Gasteiger charge is 2.31. The number of nitrogen functional groups attached to an aromatic ring is 1. The van der Waals surface area contributed by atoms with Crippen LogP contribution in [-0.2, 0) is 9.53 Å². The number of ether oxygens (including phenoxy) is 1. The van der Waals surface area contributed by atoms with Gasteiger partial charge in [0.15, 0.2) is 0 Å². The van der Waals surface area contributed by atoms with Gasteiger partial charge in [0.25, 0.3) is 0 Å². The van der Waals surface area contributed by atoms with Crippen molar-refractivity contribution >= 4 is 17.5 Å². The molecule has 0 spiro atoms. The van der Waals surface area contributed by atoms with Crippen molar-refractivity contribution in [1.82, 2.24) is 15.3 Å². The van der Waals surface area contributed by atoms with Gasteiger partial charge in [-0.15, -0.1) is 0 Å². The summed E-state index contributed by atoms with van der Waals surface area (Å²) in [4.78, 5) is 22.6. The molecule has 0 aromatic carbocycles. The van der Waals surface area contributed by atoms with Gasteiger partial charge in [0.05, 0.1) is 13.2 Å². The summed E-state index contributed by atoms with van der Waals surface area (Å²) in [6, 6.07) is 1.39. The first-order valence-corrected chi connectivity index (χ1v) is 6.73. The normalized spacial score (nSPS) is 19.2. The van der Waals surface area contributed by atoms with Gasteiger partial charge in [-0.2, -0.15) is 0 Å². The Bertz CT molecular complexity index is 471. The van der Waals surface area contributed by atoms with Crippen LogP contribution in [0.15, 0.2) is 6.07 Å². The van der Waals surface area contributed by atoms with E-state index in [0.717, 1.165) is 0 Å². The van der Waals surface area contributed by atoms with Crippen molar-refractivity contribution in [1.29, 1.82) is 0 Å². The maximum atomic E-state index is 12.3. The molecule has 0 saturated carbocycles. The molecule has 0 aliphatic carbocycles. The Kier molecular flexibility index (Phi) is 4.39. The average molecular weight is 279 g/mol. The van der Waals surface area contributed by atoms with Gasteiger partial charge >= 0.3 is 0 Å². The topological polar surface area (TPSA) is 93.4 Å². The fourth-order valence-corrected chi connectivity index (χ4v) is 2.20. The SMILES string of the molecule is Cc1nc(N)cc(N2CCOCC2C(=O)NC(C)C)n1. The summed E-state index contributed by atoms with van der Waals surface area (Å²) >= 11 is 0. The predicted molar refractivity (Wildman–Crippen MR) is 76.4 cm³/mol. The number of aromatic nitrogens is 2. The van der Waals surface area contributed by atoms with Gasteiger partial charge in [0.2, 0.25) is 5.91 Å². The Hall–Kier alpha value is -1.89. The lowest BCUT2D eigenvalue weighted by molar-refractivity contribution is -0.125. The Morgan fingerprint density at radius 3 is 2.95 bits per heavy atom. The molecule has 7 nitrogen and oxygen atoms in total. The molecule has 1 aromatic rings. The van der Waals surface area contributed by atoms with Gasteiger partial charge in [-0.05, 0) is 20.8 Å². The molecule has 3 N–H and O–H groups in total. The predicted octanol–water partition coefficient (Wildman–Crippen LogP) is 0.0970. The van der Waals surface area contributed by atoms with Gasteiger partial charge in [0.1, 0.15) is 23.5 Å². The number of amides is 1. The highest BCUT2D eigenvalue weighted by molar-refractivity contribution is 5.85. The number of morpholine rings is 1. The fourth-order valence-electron chi connectivity index (χ4n) is 2.20. The van der Waals surface area contributed by atoms with Gasteiger partial charge in [0, 0.05) is 18.7 Å². The molecule has 1 saturated heterocycles. The second-order valence-corrected chi connectivity index (χ2v) is 5.15. The summed E-state index contributed by atoms with van der Waals surface area (Å²) in [7, 11) is 0.